The minimum Gasteiger partial charge on any atom is -0.481 e. The summed E-state index contributed by atoms with van der Waals surface area (Å²) in [5.74, 6) is -1.35. The quantitative estimate of drug-likeness (QED) is 0.513. The number of aliphatic carboxylic acids is 1. The molecule has 126 valence electrons. The van der Waals surface area contributed by atoms with Crippen LogP contribution in [0.3, 0.4) is 0 Å². The Morgan fingerprint density at radius 2 is 1.65 bits per heavy atom. The van der Waals surface area contributed by atoms with E-state index < -0.39 is 18.4 Å². The lowest BCUT2D eigenvalue weighted by molar-refractivity contribution is -0.138. The van der Waals surface area contributed by atoms with E-state index in [2.05, 4.69) is 48.1 Å². The van der Waals surface area contributed by atoms with Gasteiger partial charge in [0.25, 0.3) is 0 Å². The Bertz CT molecular complexity index is 628. The third-order valence-electron chi connectivity index (χ3n) is 3.44. The molecule has 23 heavy (non-hydrogen) atoms. The van der Waals surface area contributed by atoms with E-state index >= 15 is 0 Å². The fraction of sp³-hybridized carbons (Fsp3) is 0.474. The Morgan fingerprint density at radius 1 is 1.09 bits per heavy atom. The van der Waals surface area contributed by atoms with Gasteiger partial charge in [-0.25, -0.2) is 4.79 Å². The maximum absolute atomic E-state index is 12.1. The zero-order chi connectivity index (χ0) is 18.0. The first-order valence-electron chi connectivity index (χ1n) is 7.59. The molecule has 0 saturated carbocycles. The molecule has 0 fully saturated rings. The number of carbonyl (C=O) groups excluding carboxylic acids is 1. The van der Waals surface area contributed by atoms with Crippen LogP contribution in [0.5, 0.6) is 5.75 Å². The molecule has 0 bridgehead atoms. The van der Waals surface area contributed by atoms with Crippen LogP contribution in [0.4, 0.5) is 0 Å². The number of carboxylic acid groups (broad SMARTS) is 1. The highest BCUT2D eigenvalue weighted by atomic mass is 16.5. The van der Waals surface area contributed by atoms with Crippen LogP contribution in [0.15, 0.2) is 30.4 Å². The Balaban J connectivity index is 3.30. The molecule has 0 amide bonds. The number of esters is 1. The van der Waals surface area contributed by atoms with Gasteiger partial charge in [0.1, 0.15) is 5.75 Å². The summed E-state index contributed by atoms with van der Waals surface area (Å²) in [6, 6.07) is 5.62. The summed E-state index contributed by atoms with van der Waals surface area (Å²) in [6.45, 7) is 16.0. The van der Waals surface area contributed by atoms with Gasteiger partial charge in [0.05, 0.1) is 6.42 Å². The van der Waals surface area contributed by atoms with Crippen molar-refractivity contribution in [1.29, 1.82) is 0 Å². The molecule has 0 aliphatic rings. The second-order valence-corrected chi connectivity index (χ2v) is 7.74. The molecule has 1 aromatic carbocycles. The summed E-state index contributed by atoms with van der Waals surface area (Å²) in [4.78, 5) is 22.8. The average Bonchev–Trinajstić information content (AvgIpc) is 2.35. The molecule has 0 aromatic heterocycles. The van der Waals surface area contributed by atoms with Gasteiger partial charge in [0, 0.05) is 11.1 Å². The van der Waals surface area contributed by atoms with Crippen LogP contribution in [0.2, 0.25) is 0 Å². The van der Waals surface area contributed by atoms with Crippen molar-refractivity contribution in [3.63, 3.8) is 0 Å². The van der Waals surface area contributed by atoms with Gasteiger partial charge in [-0.2, -0.15) is 0 Å². The highest BCUT2D eigenvalue weighted by molar-refractivity contribution is 5.94. The molecule has 0 atom stereocenters. The standard InChI is InChI=1S/C19H26O4/c1-12(11-15(20)21)17(22)23-14-10-8-9-13(18(2,3)4)16(14)19(5,6)7/h8-10H,1,11H2,2-7H3,(H,20,21). The summed E-state index contributed by atoms with van der Waals surface area (Å²) in [7, 11) is 0. The first kappa shape index (κ1) is 18.9. The van der Waals surface area contributed by atoms with Crippen molar-refractivity contribution >= 4 is 11.9 Å². The van der Waals surface area contributed by atoms with Crippen LogP contribution < -0.4 is 4.74 Å². The maximum atomic E-state index is 12.1. The molecule has 1 N–H and O–H groups in total. The maximum Gasteiger partial charge on any atom is 0.339 e. The third kappa shape index (κ3) is 4.95. The topological polar surface area (TPSA) is 63.6 Å². The van der Waals surface area contributed by atoms with Crippen molar-refractivity contribution in [3.05, 3.63) is 41.5 Å². The van der Waals surface area contributed by atoms with Crippen molar-refractivity contribution in [1.82, 2.24) is 0 Å². The van der Waals surface area contributed by atoms with Gasteiger partial charge >= 0.3 is 11.9 Å². The second kappa shape index (κ2) is 6.57. The molecule has 1 aromatic rings. The van der Waals surface area contributed by atoms with Gasteiger partial charge in [-0.3, -0.25) is 4.79 Å². The highest BCUT2D eigenvalue weighted by Crippen LogP contribution is 2.39. The second-order valence-electron chi connectivity index (χ2n) is 7.74. The van der Waals surface area contributed by atoms with Crippen molar-refractivity contribution in [3.8, 4) is 5.75 Å². The molecule has 4 heteroatoms. The van der Waals surface area contributed by atoms with Crippen LogP contribution in [-0.4, -0.2) is 17.0 Å². The lowest BCUT2D eigenvalue weighted by atomic mass is 9.75. The van der Waals surface area contributed by atoms with E-state index in [4.69, 9.17) is 9.84 Å². The van der Waals surface area contributed by atoms with E-state index in [9.17, 15) is 9.59 Å². The average molecular weight is 318 g/mol. The Hall–Kier alpha value is -2.10. The summed E-state index contributed by atoms with van der Waals surface area (Å²) in [5.41, 5.74) is 1.64. The molecule has 0 unspecified atom stereocenters. The Labute approximate surface area is 138 Å². The summed E-state index contributed by atoms with van der Waals surface area (Å²) >= 11 is 0. The summed E-state index contributed by atoms with van der Waals surface area (Å²) in [5, 5.41) is 8.76. The summed E-state index contributed by atoms with van der Waals surface area (Å²) in [6.07, 6.45) is -0.428. The number of carboxylic acids is 1. The first-order chi connectivity index (χ1) is 10.3. The zero-order valence-electron chi connectivity index (χ0n) is 14.8. The van der Waals surface area contributed by atoms with Gasteiger partial charge in [0.2, 0.25) is 0 Å². The van der Waals surface area contributed by atoms with Gasteiger partial charge in [-0.15, -0.1) is 0 Å². The van der Waals surface area contributed by atoms with Gasteiger partial charge < -0.3 is 9.84 Å². The van der Waals surface area contributed by atoms with Crippen molar-refractivity contribution < 1.29 is 19.4 Å². The van der Waals surface area contributed by atoms with Gasteiger partial charge in [0.15, 0.2) is 0 Å². The number of benzene rings is 1. The number of hydrogen-bond donors (Lipinski definition) is 1. The van der Waals surface area contributed by atoms with E-state index in [0.717, 1.165) is 11.1 Å². The molecule has 1 rings (SSSR count). The van der Waals surface area contributed by atoms with Crippen LogP contribution >= 0.6 is 0 Å². The number of carbonyl (C=O) groups is 2. The first-order valence-corrected chi connectivity index (χ1v) is 7.59. The molecular weight excluding hydrogens is 292 g/mol. The van der Waals surface area contributed by atoms with E-state index in [1.165, 1.54) is 0 Å². The van der Waals surface area contributed by atoms with Crippen molar-refractivity contribution in [2.75, 3.05) is 0 Å². The van der Waals surface area contributed by atoms with E-state index in [0.29, 0.717) is 5.75 Å². The molecule has 0 heterocycles. The van der Waals surface area contributed by atoms with Crippen LogP contribution in [0.25, 0.3) is 0 Å². The minimum absolute atomic E-state index is 0.0708. The predicted octanol–water partition coefficient (Wildman–Crippen LogP) is 4.22. The molecule has 0 radical (unpaired) electrons. The van der Waals surface area contributed by atoms with Gasteiger partial charge in [-0.05, 0) is 22.5 Å². The van der Waals surface area contributed by atoms with Crippen LogP contribution in [0.1, 0.15) is 59.1 Å². The zero-order valence-corrected chi connectivity index (χ0v) is 14.8. The smallest absolute Gasteiger partial charge is 0.339 e. The highest BCUT2D eigenvalue weighted by Gasteiger charge is 2.29. The summed E-state index contributed by atoms with van der Waals surface area (Å²) < 4.78 is 5.47. The van der Waals surface area contributed by atoms with Crippen LogP contribution in [0, 0.1) is 0 Å². The van der Waals surface area contributed by atoms with E-state index in [-0.39, 0.29) is 16.4 Å². The molecule has 0 spiro atoms. The largest absolute Gasteiger partial charge is 0.481 e. The predicted molar refractivity (Wildman–Crippen MR) is 90.9 cm³/mol. The lowest BCUT2D eigenvalue weighted by Crippen LogP contribution is -2.24. The number of hydrogen-bond acceptors (Lipinski definition) is 3. The molecule has 0 aliphatic heterocycles. The fourth-order valence-electron chi connectivity index (χ4n) is 2.44. The monoisotopic (exact) mass is 318 g/mol. The number of rotatable bonds is 4. The SMILES string of the molecule is C=C(CC(=O)O)C(=O)Oc1cccc(C(C)(C)C)c1C(C)(C)C. The Morgan fingerprint density at radius 3 is 2.09 bits per heavy atom. The fourth-order valence-corrected chi connectivity index (χ4v) is 2.44. The number of ether oxygens (including phenoxy) is 1. The van der Waals surface area contributed by atoms with E-state index in [1.807, 2.05) is 12.1 Å². The molecular formula is C19H26O4. The normalized spacial score (nSPS) is 11.9. The lowest BCUT2D eigenvalue weighted by Gasteiger charge is -2.31. The van der Waals surface area contributed by atoms with Gasteiger partial charge in [-0.1, -0.05) is 60.3 Å². The van der Waals surface area contributed by atoms with Crippen molar-refractivity contribution in [2.45, 2.75) is 58.8 Å². The minimum atomic E-state index is -1.11. The Kier molecular flexibility index (Phi) is 5.41. The molecule has 0 saturated heterocycles. The van der Waals surface area contributed by atoms with Crippen LogP contribution in [-0.2, 0) is 20.4 Å². The molecule has 0 aliphatic carbocycles. The van der Waals surface area contributed by atoms with Crippen molar-refractivity contribution in [2.24, 2.45) is 0 Å². The van der Waals surface area contributed by atoms with E-state index in [1.54, 1.807) is 6.07 Å². The molecule has 4 nitrogen and oxygen atoms in total. The third-order valence-corrected chi connectivity index (χ3v) is 3.44.